The zero-order chi connectivity index (χ0) is 13.5. The summed E-state index contributed by atoms with van der Waals surface area (Å²) in [5.41, 5.74) is 2.94. The number of aliphatic imine (C=N–C) groups is 1. The number of aliphatic hydroxyl groups excluding tert-OH is 1. The molecule has 1 aromatic rings. The number of hydrogen-bond acceptors (Lipinski definition) is 3. The number of aryl methyl sites for hydroxylation is 1. The van der Waals surface area contributed by atoms with Crippen LogP contribution in [0.3, 0.4) is 0 Å². The lowest BCUT2D eigenvalue weighted by Gasteiger charge is -2.23. The highest BCUT2D eigenvalue weighted by atomic mass is 35.5. The van der Waals surface area contributed by atoms with E-state index in [4.69, 9.17) is 16.7 Å². The monoisotopic (exact) mass is 263 g/mol. The smallest absolute Gasteiger partial charge is 0.155 e. The van der Waals surface area contributed by atoms with Gasteiger partial charge in [-0.1, -0.05) is 17.7 Å². The number of nitrogens with zero attached hydrogens (tertiary/aromatic N) is 1. The van der Waals surface area contributed by atoms with E-state index < -0.39 is 5.41 Å². The number of fused-ring (bicyclic) bond motifs is 1. The third-order valence-corrected chi connectivity index (χ3v) is 3.62. The van der Waals surface area contributed by atoms with E-state index >= 15 is 0 Å². The van der Waals surface area contributed by atoms with Crippen LogP contribution in [-0.2, 0) is 10.2 Å². The van der Waals surface area contributed by atoms with Crippen molar-refractivity contribution in [3.05, 3.63) is 40.1 Å². The average Bonchev–Trinajstić information content (AvgIpc) is 2.60. The maximum Gasteiger partial charge on any atom is 0.155 e. The molecule has 0 aromatic heterocycles. The van der Waals surface area contributed by atoms with Gasteiger partial charge in [-0.2, -0.15) is 0 Å². The Morgan fingerprint density at radius 3 is 2.61 bits per heavy atom. The molecule has 1 N–H and O–H groups in total. The summed E-state index contributed by atoms with van der Waals surface area (Å²) in [5.74, 6) is 0. The molecule has 0 spiro atoms. The molecule has 0 saturated carbocycles. The van der Waals surface area contributed by atoms with Crippen molar-refractivity contribution in [3.8, 4) is 0 Å². The topological polar surface area (TPSA) is 49.7 Å². The second-order valence-corrected chi connectivity index (χ2v) is 5.28. The quantitative estimate of drug-likeness (QED) is 0.503. The lowest BCUT2D eigenvalue weighted by atomic mass is 9.79. The maximum atomic E-state index is 11.0. The van der Waals surface area contributed by atoms with E-state index in [0.29, 0.717) is 17.0 Å². The Labute approximate surface area is 111 Å². The van der Waals surface area contributed by atoms with Gasteiger partial charge >= 0.3 is 0 Å². The van der Waals surface area contributed by atoms with Gasteiger partial charge in [-0.05, 0) is 32.4 Å². The van der Waals surface area contributed by atoms with Gasteiger partial charge in [0.25, 0.3) is 0 Å². The first-order chi connectivity index (χ1) is 8.43. The molecule has 94 valence electrons. The normalized spacial score (nSPS) is 17.3. The van der Waals surface area contributed by atoms with Crippen LogP contribution in [0.4, 0.5) is 5.69 Å². The molecule has 3 nitrogen and oxygen atoms in total. The molecule has 0 bridgehead atoms. The minimum atomic E-state index is -0.492. The largest absolute Gasteiger partial charge is 0.515 e. The van der Waals surface area contributed by atoms with E-state index in [0.717, 1.165) is 23.1 Å². The van der Waals surface area contributed by atoms with Gasteiger partial charge in [0.1, 0.15) is 0 Å². The number of aliphatic hydroxyl groups is 1. The van der Waals surface area contributed by atoms with Crippen LogP contribution in [0.25, 0.3) is 0 Å². The van der Waals surface area contributed by atoms with E-state index in [-0.39, 0.29) is 5.57 Å². The lowest BCUT2D eigenvalue weighted by Crippen LogP contribution is -2.28. The van der Waals surface area contributed by atoms with E-state index in [1.165, 1.54) is 0 Å². The molecule has 0 saturated heterocycles. The molecule has 0 unspecified atom stereocenters. The van der Waals surface area contributed by atoms with Crippen LogP contribution < -0.4 is 0 Å². The molecule has 1 heterocycles. The second kappa shape index (κ2) is 4.25. The SMILES string of the molecule is Cc1ccc(Cl)c2c1N=C(/C(C=O)=C/O)C2(C)C. The van der Waals surface area contributed by atoms with Crippen molar-refractivity contribution < 1.29 is 9.90 Å². The Bertz CT molecular complexity index is 586. The first kappa shape index (κ1) is 12.8. The summed E-state index contributed by atoms with van der Waals surface area (Å²) in [5, 5.41) is 9.76. The molecule has 18 heavy (non-hydrogen) atoms. The minimum Gasteiger partial charge on any atom is -0.515 e. The number of rotatable bonds is 2. The molecular formula is C14H14ClNO2. The number of aldehydes is 1. The first-order valence-corrected chi connectivity index (χ1v) is 6.00. The number of halogens is 1. The van der Waals surface area contributed by atoms with Crippen molar-refractivity contribution in [2.24, 2.45) is 4.99 Å². The first-order valence-electron chi connectivity index (χ1n) is 5.62. The molecular weight excluding hydrogens is 250 g/mol. The maximum absolute atomic E-state index is 11.0. The van der Waals surface area contributed by atoms with Crippen LogP contribution in [0.15, 0.2) is 29.0 Å². The Hall–Kier alpha value is -1.61. The van der Waals surface area contributed by atoms with Crippen LogP contribution in [-0.4, -0.2) is 17.1 Å². The molecule has 0 atom stereocenters. The Kier molecular flexibility index (Phi) is 3.03. The van der Waals surface area contributed by atoms with Crippen LogP contribution in [0.1, 0.15) is 25.0 Å². The molecule has 1 aliphatic rings. The van der Waals surface area contributed by atoms with Crippen molar-refractivity contribution in [2.75, 3.05) is 0 Å². The van der Waals surface area contributed by atoms with Crippen molar-refractivity contribution in [1.29, 1.82) is 0 Å². The standard InChI is InChI=1S/C14H14ClNO2/c1-8-4-5-10(15)11-12(8)16-13(14(11,2)3)9(6-17)7-18/h4-7,17H,1-3H3/b9-6+. The number of carbonyl (C=O) groups is 1. The van der Waals surface area contributed by atoms with Gasteiger partial charge in [-0.25, -0.2) is 0 Å². The van der Waals surface area contributed by atoms with Gasteiger partial charge in [-0.15, -0.1) is 0 Å². The van der Waals surface area contributed by atoms with Gasteiger partial charge < -0.3 is 5.11 Å². The summed E-state index contributed by atoms with van der Waals surface area (Å²) >= 11 is 6.24. The molecule has 0 amide bonds. The van der Waals surface area contributed by atoms with Crippen LogP contribution in [0.5, 0.6) is 0 Å². The zero-order valence-corrected chi connectivity index (χ0v) is 11.2. The number of carbonyl (C=O) groups excluding carboxylic acids is 1. The highest BCUT2D eigenvalue weighted by Gasteiger charge is 2.39. The summed E-state index contributed by atoms with van der Waals surface area (Å²) in [4.78, 5) is 15.5. The average molecular weight is 264 g/mol. The van der Waals surface area contributed by atoms with Gasteiger partial charge in [0.15, 0.2) is 6.29 Å². The van der Waals surface area contributed by atoms with Gasteiger partial charge in [-0.3, -0.25) is 9.79 Å². The summed E-state index contributed by atoms with van der Waals surface area (Å²) in [6, 6.07) is 3.73. The van der Waals surface area contributed by atoms with Crippen LogP contribution in [0.2, 0.25) is 5.02 Å². The van der Waals surface area contributed by atoms with Gasteiger partial charge in [0.05, 0.1) is 23.2 Å². The van der Waals surface area contributed by atoms with Crippen molar-refractivity contribution in [3.63, 3.8) is 0 Å². The second-order valence-electron chi connectivity index (χ2n) is 4.88. The zero-order valence-electron chi connectivity index (χ0n) is 10.5. The fourth-order valence-corrected chi connectivity index (χ4v) is 2.74. The molecule has 1 aliphatic heterocycles. The lowest BCUT2D eigenvalue weighted by molar-refractivity contribution is -0.104. The third-order valence-electron chi connectivity index (χ3n) is 3.31. The summed E-state index contributed by atoms with van der Waals surface area (Å²) < 4.78 is 0. The van der Waals surface area contributed by atoms with Gasteiger partial charge in [0.2, 0.25) is 0 Å². The fraction of sp³-hybridized carbons (Fsp3) is 0.286. The number of hydrogen-bond donors (Lipinski definition) is 1. The molecule has 4 heteroatoms. The summed E-state index contributed by atoms with van der Waals surface area (Å²) in [6.45, 7) is 5.83. The van der Waals surface area contributed by atoms with E-state index in [1.807, 2.05) is 32.9 Å². The molecule has 1 aromatic carbocycles. The van der Waals surface area contributed by atoms with Crippen molar-refractivity contribution in [2.45, 2.75) is 26.2 Å². The highest BCUT2D eigenvalue weighted by Crippen LogP contribution is 2.46. The predicted molar refractivity (Wildman–Crippen MR) is 73.1 cm³/mol. The van der Waals surface area contributed by atoms with E-state index in [9.17, 15) is 4.79 Å². The van der Waals surface area contributed by atoms with E-state index in [2.05, 4.69) is 4.99 Å². The predicted octanol–water partition coefficient (Wildman–Crippen LogP) is 3.65. The fourth-order valence-electron chi connectivity index (χ4n) is 2.35. The molecule has 0 aliphatic carbocycles. The van der Waals surface area contributed by atoms with Gasteiger partial charge in [0, 0.05) is 16.0 Å². The molecule has 0 radical (unpaired) electrons. The Balaban J connectivity index is 2.72. The Morgan fingerprint density at radius 1 is 1.44 bits per heavy atom. The summed E-state index contributed by atoms with van der Waals surface area (Å²) in [6.07, 6.45) is 1.40. The van der Waals surface area contributed by atoms with Crippen LogP contribution in [0, 0.1) is 6.92 Å². The van der Waals surface area contributed by atoms with Crippen molar-refractivity contribution >= 4 is 29.3 Å². The summed E-state index contributed by atoms with van der Waals surface area (Å²) in [7, 11) is 0. The Morgan fingerprint density at radius 2 is 2.11 bits per heavy atom. The number of benzene rings is 1. The molecule has 2 rings (SSSR count). The third kappa shape index (κ3) is 1.66. The van der Waals surface area contributed by atoms with Crippen molar-refractivity contribution in [1.82, 2.24) is 0 Å². The highest BCUT2D eigenvalue weighted by molar-refractivity contribution is 6.33. The molecule has 0 fully saturated rings. The van der Waals surface area contributed by atoms with E-state index in [1.54, 1.807) is 0 Å². The minimum absolute atomic E-state index is 0.187. The number of allylic oxidation sites excluding steroid dienone is 1. The van der Waals surface area contributed by atoms with Crippen LogP contribution >= 0.6 is 11.6 Å².